The lowest BCUT2D eigenvalue weighted by molar-refractivity contribution is 0.306. The third kappa shape index (κ3) is 4.42. The molecule has 0 aliphatic carbocycles. The number of ether oxygens (including phenoxy) is 1. The van der Waals surface area contributed by atoms with Crippen LogP contribution in [0.2, 0.25) is 0 Å². The van der Waals surface area contributed by atoms with Crippen LogP contribution >= 0.6 is 0 Å². The first-order chi connectivity index (χ1) is 9.40. The van der Waals surface area contributed by atoms with Crippen LogP contribution in [0.3, 0.4) is 0 Å². The highest BCUT2D eigenvalue weighted by atomic mass is 16.5. The summed E-state index contributed by atoms with van der Waals surface area (Å²) in [5.74, 6) is 0.948. The summed E-state index contributed by atoms with van der Waals surface area (Å²) in [5, 5.41) is 3.14. The van der Waals surface area contributed by atoms with Crippen molar-refractivity contribution in [3.05, 3.63) is 54.6 Å². The molecule has 2 aromatic carbocycles. The summed E-state index contributed by atoms with van der Waals surface area (Å²) < 4.78 is 5.72. The molecule has 0 bridgehead atoms. The van der Waals surface area contributed by atoms with E-state index in [1.54, 1.807) is 0 Å². The smallest absolute Gasteiger partial charge is 0.119 e. The Morgan fingerprint density at radius 1 is 0.842 bits per heavy atom. The fraction of sp³-hybridized carbons (Fsp3) is 0.294. The van der Waals surface area contributed by atoms with Gasteiger partial charge in [0, 0.05) is 0 Å². The fourth-order valence-corrected chi connectivity index (χ4v) is 1.97. The SMILES string of the molecule is CNCCCCOc1ccc(-c2ccccc2)cc1. The predicted octanol–water partition coefficient (Wildman–Crippen LogP) is 3.73. The zero-order valence-corrected chi connectivity index (χ0v) is 11.4. The van der Waals surface area contributed by atoms with Crippen molar-refractivity contribution in [3.8, 4) is 16.9 Å². The van der Waals surface area contributed by atoms with Crippen LogP contribution in [0.4, 0.5) is 0 Å². The van der Waals surface area contributed by atoms with Crippen molar-refractivity contribution in [2.24, 2.45) is 0 Å². The Morgan fingerprint density at radius 2 is 1.53 bits per heavy atom. The standard InChI is InChI=1S/C17H21NO/c1-18-13-5-6-14-19-17-11-9-16(10-12-17)15-7-3-2-4-8-15/h2-4,7-12,18H,5-6,13-14H2,1H3. The fourth-order valence-electron chi connectivity index (χ4n) is 1.97. The molecule has 100 valence electrons. The van der Waals surface area contributed by atoms with Gasteiger partial charge >= 0.3 is 0 Å². The van der Waals surface area contributed by atoms with E-state index in [9.17, 15) is 0 Å². The van der Waals surface area contributed by atoms with Crippen LogP contribution in [0.5, 0.6) is 5.75 Å². The molecule has 0 heterocycles. The number of benzene rings is 2. The van der Waals surface area contributed by atoms with Crippen molar-refractivity contribution in [3.63, 3.8) is 0 Å². The number of rotatable bonds is 7. The molecular formula is C17H21NO. The van der Waals surface area contributed by atoms with Crippen molar-refractivity contribution >= 4 is 0 Å². The third-order valence-electron chi connectivity index (χ3n) is 3.05. The molecule has 0 aliphatic rings. The van der Waals surface area contributed by atoms with Crippen molar-refractivity contribution < 1.29 is 4.74 Å². The van der Waals surface area contributed by atoms with E-state index in [2.05, 4.69) is 41.7 Å². The van der Waals surface area contributed by atoms with E-state index in [0.29, 0.717) is 0 Å². The first kappa shape index (κ1) is 13.6. The summed E-state index contributed by atoms with van der Waals surface area (Å²) in [4.78, 5) is 0. The van der Waals surface area contributed by atoms with Crippen LogP contribution in [0.15, 0.2) is 54.6 Å². The summed E-state index contributed by atoms with van der Waals surface area (Å²) in [7, 11) is 1.98. The number of nitrogens with one attached hydrogen (secondary N) is 1. The van der Waals surface area contributed by atoms with E-state index in [4.69, 9.17) is 4.74 Å². The summed E-state index contributed by atoms with van der Waals surface area (Å²) in [6, 6.07) is 18.7. The van der Waals surface area contributed by atoms with Gasteiger partial charge in [0.05, 0.1) is 6.61 Å². The lowest BCUT2D eigenvalue weighted by atomic mass is 10.1. The molecule has 0 saturated heterocycles. The van der Waals surface area contributed by atoms with Gasteiger partial charge < -0.3 is 10.1 Å². The van der Waals surface area contributed by atoms with Gasteiger partial charge in [0.15, 0.2) is 0 Å². The van der Waals surface area contributed by atoms with Crippen LogP contribution in [-0.4, -0.2) is 20.2 Å². The monoisotopic (exact) mass is 255 g/mol. The highest BCUT2D eigenvalue weighted by Gasteiger charge is 1.98. The highest BCUT2D eigenvalue weighted by molar-refractivity contribution is 5.63. The number of hydrogen-bond acceptors (Lipinski definition) is 2. The zero-order valence-electron chi connectivity index (χ0n) is 11.4. The van der Waals surface area contributed by atoms with Gasteiger partial charge in [0.25, 0.3) is 0 Å². The van der Waals surface area contributed by atoms with Gasteiger partial charge in [-0.3, -0.25) is 0 Å². The Labute approximate surface area is 115 Å². The van der Waals surface area contributed by atoms with Gasteiger partial charge in [0.1, 0.15) is 5.75 Å². The molecule has 1 N–H and O–H groups in total. The zero-order chi connectivity index (χ0) is 13.3. The number of hydrogen-bond donors (Lipinski definition) is 1. The van der Waals surface area contributed by atoms with Crippen LogP contribution in [-0.2, 0) is 0 Å². The highest BCUT2D eigenvalue weighted by Crippen LogP contribution is 2.22. The van der Waals surface area contributed by atoms with E-state index < -0.39 is 0 Å². The maximum Gasteiger partial charge on any atom is 0.119 e. The molecule has 2 rings (SSSR count). The summed E-state index contributed by atoms with van der Waals surface area (Å²) in [6.45, 7) is 1.84. The maximum atomic E-state index is 5.72. The average Bonchev–Trinajstić information content (AvgIpc) is 2.49. The van der Waals surface area contributed by atoms with E-state index in [1.165, 1.54) is 11.1 Å². The van der Waals surface area contributed by atoms with Crippen LogP contribution in [0, 0.1) is 0 Å². The van der Waals surface area contributed by atoms with Gasteiger partial charge in [-0.2, -0.15) is 0 Å². The van der Waals surface area contributed by atoms with Crippen LogP contribution in [0.1, 0.15) is 12.8 Å². The van der Waals surface area contributed by atoms with Gasteiger partial charge in [-0.25, -0.2) is 0 Å². The van der Waals surface area contributed by atoms with Gasteiger partial charge in [0.2, 0.25) is 0 Å². The first-order valence-corrected chi connectivity index (χ1v) is 6.83. The van der Waals surface area contributed by atoms with Crippen molar-refractivity contribution in [2.45, 2.75) is 12.8 Å². The molecule has 2 nitrogen and oxygen atoms in total. The predicted molar refractivity (Wildman–Crippen MR) is 80.5 cm³/mol. The second-order valence-electron chi connectivity index (χ2n) is 4.55. The summed E-state index contributed by atoms with van der Waals surface area (Å²) >= 11 is 0. The van der Waals surface area contributed by atoms with E-state index in [-0.39, 0.29) is 0 Å². The van der Waals surface area contributed by atoms with Crippen LogP contribution in [0.25, 0.3) is 11.1 Å². The molecule has 0 radical (unpaired) electrons. The van der Waals surface area contributed by atoms with Crippen molar-refractivity contribution in [2.75, 3.05) is 20.2 Å². The molecule has 0 spiro atoms. The first-order valence-electron chi connectivity index (χ1n) is 6.83. The summed E-state index contributed by atoms with van der Waals surface area (Å²) in [6.07, 6.45) is 2.24. The minimum atomic E-state index is 0.784. The summed E-state index contributed by atoms with van der Waals surface area (Å²) in [5.41, 5.74) is 2.46. The van der Waals surface area contributed by atoms with Gasteiger partial charge in [-0.15, -0.1) is 0 Å². The molecule has 0 saturated carbocycles. The Hall–Kier alpha value is -1.80. The molecule has 19 heavy (non-hydrogen) atoms. The molecular weight excluding hydrogens is 234 g/mol. The van der Waals surface area contributed by atoms with Crippen molar-refractivity contribution in [1.29, 1.82) is 0 Å². The minimum Gasteiger partial charge on any atom is -0.494 e. The molecule has 0 aliphatic heterocycles. The molecule has 2 aromatic rings. The van der Waals surface area contributed by atoms with Crippen LogP contribution < -0.4 is 10.1 Å². The molecule has 0 amide bonds. The average molecular weight is 255 g/mol. The number of unbranched alkanes of at least 4 members (excludes halogenated alkanes) is 1. The Bertz CT molecular complexity index is 464. The Kier molecular flexibility index (Phi) is 5.45. The Balaban J connectivity index is 1.85. The van der Waals surface area contributed by atoms with Gasteiger partial charge in [-0.1, -0.05) is 42.5 Å². The van der Waals surface area contributed by atoms with Crippen molar-refractivity contribution in [1.82, 2.24) is 5.32 Å². The molecule has 0 fully saturated rings. The quantitative estimate of drug-likeness (QED) is 0.761. The largest absolute Gasteiger partial charge is 0.494 e. The topological polar surface area (TPSA) is 21.3 Å². The van der Waals surface area contributed by atoms with E-state index in [0.717, 1.165) is 31.7 Å². The third-order valence-corrected chi connectivity index (χ3v) is 3.05. The maximum absolute atomic E-state index is 5.72. The molecule has 0 aromatic heterocycles. The lowest BCUT2D eigenvalue weighted by Crippen LogP contribution is -2.09. The lowest BCUT2D eigenvalue weighted by Gasteiger charge is -2.07. The van der Waals surface area contributed by atoms with E-state index in [1.807, 2.05) is 25.2 Å². The Morgan fingerprint density at radius 3 is 2.21 bits per heavy atom. The second-order valence-corrected chi connectivity index (χ2v) is 4.55. The minimum absolute atomic E-state index is 0.784. The molecule has 0 atom stereocenters. The van der Waals surface area contributed by atoms with E-state index >= 15 is 0 Å². The second kappa shape index (κ2) is 7.59. The van der Waals surface area contributed by atoms with Gasteiger partial charge in [-0.05, 0) is 49.7 Å². The normalized spacial score (nSPS) is 10.4. The molecule has 2 heteroatoms. The molecule has 0 unspecified atom stereocenters.